The Morgan fingerprint density at radius 1 is 1.21 bits per heavy atom. The number of morpholine rings is 1. The van der Waals surface area contributed by atoms with Crippen LogP contribution >= 0.6 is 23.2 Å². The summed E-state index contributed by atoms with van der Waals surface area (Å²) < 4.78 is 24.8. The number of hydrogen-bond acceptors (Lipinski definition) is 4. The molecule has 1 unspecified atom stereocenters. The van der Waals surface area contributed by atoms with Gasteiger partial charge in [-0.25, -0.2) is 9.18 Å². The number of benzene rings is 1. The molecular weight excluding hydrogens is 410 g/mol. The van der Waals surface area contributed by atoms with Gasteiger partial charge < -0.3 is 19.7 Å². The minimum atomic E-state index is -1.20. The van der Waals surface area contributed by atoms with Gasteiger partial charge in [0, 0.05) is 17.1 Å². The van der Waals surface area contributed by atoms with Crippen LogP contribution in [0.15, 0.2) is 12.1 Å². The number of amides is 2. The highest BCUT2D eigenvalue weighted by atomic mass is 35.5. The van der Waals surface area contributed by atoms with Gasteiger partial charge in [-0.2, -0.15) is 0 Å². The van der Waals surface area contributed by atoms with Crippen molar-refractivity contribution < 1.29 is 23.5 Å². The lowest BCUT2D eigenvalue weighted by Crippen LogP contribution is -2.58. The first-order valence-corrected chi connectivity index (χ1v) is 9.62. The number of nitrogens with one attached hydrogen (secondary N) is 1. The van der Waals surface area contributed by atoms with Crippen molar-refractivity contribution in [3.8, 4) is 0 Å². The van der Waals surface area contributed by atoms with E-state index in [4.69, 9.17) is 32.7 Å². The third-order valence-electron chi connectivity index (χ3n) is 4.09. The minimum absolute atomic E-state index is 0.0832. The van der Waals surface area contributed by atoms with Crippen molar-refractivity contribution in [1.82, 2.24) is 10.2 Å². The molecule has 0 saturated carbocycles. The Morgan fingerprint density at radius 2 is 1.86 bits per heavy atom. The SMILES string of the molecule is CC(C)(C)OC(=O)NC(C)(C)C(=O)N1CCOC(c2cc(F)c(Cl)cc2Cl)C1. The molecule has 1 heterocycles. The highest BCUT2D eigenvalue weighted by molar-refractivity contribution is 6.35. The van der Waals surface area contributed by atoms with Crippen LogP contribution in [0.25, 0.3) is 0 Å². The molecule has 1 aliphatic heterocycles. The van der Waals surface area contributed by atoms with Gasteiger partial charge in [-0.1, -0.05) is 23.2 Å². The molecule has 6 nitrogen and oxygen atoms in total. The van der Waals surface area contributed by atoms with Crippen molar-refractivity contribution in [2.45, 2.75) is 51.9 Å². The summed E-state index contributed by atoms with van der Waals surface area (Å²) in [5.74, 6) is -0.919. The van der Waals surface area contributed by atoms with Gasteiger partial charge in [0.25, 0.3) is 0 Å². The monoisotopic (exact) mass is 434 g/mol. The summed E-state index contributed by atoms with van der Waals surface area (Å²) >= 11 is 11.9. The Labute approximate surface area is 174 Å². The first-order valence-electron chi connectivity index (χ1n) is 8.87. The summed E-state index contributed by atoms with van der Waals surface area (Å²) in [5, 5.41) is 2.77. The minimum Gasteiger partial charge on any atom is -0.444 e. The fraction of sp³-hybridized carbons (Fsp3) is 0.579. The fourth-order valence-corrected chi connectivity index (χ4v) is 3.32. The molecule has 9 heteroatoms. The molecule has 1 N–H and O–H groups in total. The predicted octanol–water partition coefficient (Wildman–Crippen LogP) is 4.34. The lowest BCUT2D eigenvalue weighted by molar-refractivity contribution is -0.144. The Bertz CT molecular complexity index is 765. The smallest absolute Gasteiger partial charge is 0.408 e. The van der Waals surface area contributed by atoms with Crippen LogP contribution in [0, 0.1) is 5.82 Å². The molecule has 2 amide bonds. The largest absolute Gasteiger partial charge is 0.444 e. The predicted molar refractivity (Wildman–Crippen MR) is 105 cm³/mol. The van der Waals surface area contributed by atoms with Crippen LogP contribution in [0.2, 0.25) is 10.0 Å². The second-order valence-corrected chi connectivity index (χ2v) is 8.96. The Balaban J connectivity index is 2.11. The first-order chi connectivity index (χ1) is 12.8. The molecule has 1 aromatic carbocycles. The average molecular weight is 435 g/mol. The number of carbonyl (C=O) groups excluding carboxylic acids is 2. The van der Waals surface area contributed by atoms with Gasteiger partial charge in [-0.3, -0.25) is 4.79 Å². The molecule has 0 bridgehead atoms. The van der Waals surface area contributed by atoms with E-state index in [0.717, 1.165) is 0 Å². The molecule has 28 heavy (non-hydrogen) atoms. The molecule has 2 rings (SSSR count). The zero-order valence-corrected chi connectivity index (χ0v) is 18.1. The third kappa shape index (κ3) is 5.72. The fourth-order valence-electron chi connectivity index (χ4n) is 2.81. The highest BCUT2D eigenvalue weighted by Crippen LogP contribution is 2.32. The number of hydrogen-bond donors (Lipinski definition) is 1. The molecule has 1 fully saturated rings. The van der Waals surface area contributed by atoms with Crippen molar-refractivity contribution in [2.75, 3.05) is 19.7 Å². The number of carbonyl (C=O) groups is 2. The molecule has 1 atom stereocenters. The summed E-state index contributed by atoms with van der Waals surface area (Å²) in [6.07, 6.45) is -1.28. The summed E-state index contributed by atoms with van der Waals surface area (Å²) in [6, 6.07) is 2.53. The normalized spacial score (nSPS) is 18.0. The number of rotatable bonds is 3. The molecular formula is C19H25Cl2FN2O4. The van der Waals surface area contributed by atoms with E-state index in [1.807, 2.05) is 0 Å². The Hall–Kier alpha value is -1.57. The maximum atomic E-state index is 13.8. The second-order valence-electron chi connectivity index (χ2n) is 8.15. The van der Waals surface area contributed by atoms with E-state index in [9.17, 15) is 14.0 Å². The number of ether oxygens (including phenoxy) is 2. The molecule has 156 valence electrons. The number of alkyl carbamates (subject to hydrolysis) is 1. The van der Waals surface area contributed by atoms with Gasteiger partial charge in [0.2, 0.25) is 5.91 Å². The summed E-state index contributed by atoms with van der Waals surface area (Å²) in [4.78, 5) is 26.6. The van der Waals surface area contributed by atoms with Gasteiger partial charge in [0.1, 0.15) is 23.1 Å². The van der Waals surface area contributed by atoms with Crippen LogP contribution in [0.5, 0.6) is 0 Å². The molecule has 1 aliphatic rings. The second kappa shape index (κ2) is 8.43. The maximum Gasteiger partial charge on any atom is 0.408 e. The van der Waals surface area contributed by atoms with E-state index < -0.39 is 29.2 Å². The van der Waals surface area contributed by atoms with Crippen molar-refractivity contribution in [1.29, 1.82) is 0 Å². The highest BCUT2D eigenvalue weighted by Gasteiger charge is 2.37. The quantitative estimate of drug-likeness (QED) is 0.718. The number of nitrogens with zero attached hydrogens (tertiary/aromatic N) is 1. The standard InChI is InChI=1S/C19H25Cl2FN2O4/c1-18(2,3)28-17(26)23-19(4,5)16(25)24-6-7-27-15(10-24)11-8-14(22)13(21)9-12(11)20/h8-9,15H,6-7,10H2,1-5H3,(H,23,26). The lowest BCUT2D eigenvalue weighted by atomic mass is 10.0. The molecule has 1 aromatic rings. The van der Waals surface area contributed by atoms with E-state index >= 15 is 0 Å². The van der Waals surface area contributed by atoms with Gasteiger partial charge in [-0.15, -0.1) is 0 Å². The summed E-state index contributed by atoms with van der Waals surface area (Å²) in [6.45, 7) is 9.16. The third-order valence-corrected chi connectivity index (χ3v) is 4.71. The van der Waals surface area contributed by atoms with Crippen LogP contribution in [0.4, 0.5) is 9.18 Å². The van der Waals surface area contributed by atoms with E-state index in [-0.39, 0.29) is 29.1 Å². The van der Waals surface area contributed by atoms with Crippen molar-refractivity contribution in [2.24, 2.45) is 0 Å². The van der Waals surface area contributed by atoms with Gasteiger partial charge in [-0.05, 0) is 46.8 Å². The number of halogens is 3. The van der Waals surface area contributed by atoms with E-state index in [1.165, 1.54) is 12.1 Å². The van der Waals surface area contributed by atoms with E-state index in [0.29, 0.717) is 12.1 Å². The van der Waals surface area contributed by atoms with E-state index in [1.54, 1.807) is 39.5 Å². The molecule has 0 spiro atoms. The van der Waals surface area contributed by atoms with Crippen molar-refractivity contribution in [3.63, 3.8) is 0 Å². The average Bonchev–Trinajstić information content (AvgIpc) is 2.55. The van der Waals surface area contributed by atoms with E-state index in [2.05, 4.69) is 5.32 Å². The van der Waals surface area contributed by atoms with Gasteiger partial charge in [0.15, 0.2) is 0 Å². The molecule has 1 saturated heterocycles. The Kier molecular flexibility index (Phi) is 6.84. The lowest BCUT2D eigenvalue weighted by Gasteiger charge is -2.38. The van der Waals surface area contributed by atoms with Crippen molar-refractivity contribution >= 4 is 35.2 Å². The van der Waals surface area contributed by atoms with Crippen molar-refractivity contribution in [3.05, 3.63) is 33.6 Å². The zero-order valence-electron chi connectivity index (χ0n) is 16.6. The van der Waals surface area contributed by atoms with Crippen LogP contribution in [0.1, 0.15) is 46.3 Å². The van der Waals surface area contributed by atoms with Crippen LogP contribution in [-0.2, 0) is 14.3 Å². The topological polar surface area (TPSA) is 67.9 Å². The molecule has 0 aromatic heterocycles. The maximum absolute atomic E-state index is 13.8. The van der Waals surface area contributed by atoms with Crippen LogP contribution in [-0.4, -0.2) is 47.7 Å². The van der Waals surface area contributed by atoms with Gasteiger partial charge >= 0.3 is 6.09 Å². The van der Waals surface area contributed by atoms with Gasteiger partial charge in [0.05, 0.1) is 18.2 Å². The van der Waals surface area contributed by atoms with Crippen LogP contribution in [0.3, 0.4) is 0 Å². The molecule has 0 radical (unpaired) electrons. The Morgan fingerprint density at radius 3 is 2.46 bits per heavy atom. The first kappa shape index (κ1) is 22.7. The summed E-state index contributed by atoms with van der Waals surface area (Å²) in [5.41, 5.74) is -1.46. The van der Waals surface area contributed by atoms with Crippen LogP contribution < -0.4 is 5.32 Å². The zero-order chi connectivity index (χ0) is 21.3. The molecule has 0 aliphatic carbocycles. The summed E-state index contributed by atoms with van der Waals surface area (Å²) in [7, 11) is 0.